The second-order valence-electron chi connectivity index (χ2n) is 6.20. The summed E-state index contributed by atoms with van der Waals surface area (Å²) in [4.78, 5) is 15.7. The monoisotopic (exact) mass is 286 g/mol. The van der Waals surface area contributed by atoms with Gasteiger partial charge in [-0.2, -0.15) is 0 Å². The first-order chi connectivity index (χ1) is 9.49. The number of aliphatic carboxylic acids is 1. The van der Waals surface area contributed by atoms with Gasteiger partial charge >= 0.3 is 5.97 Å². The third-order valence-corrected chi connectivity index (χ3v) is 3.63. The van der Waals surface area contributed by atoms with Crippen molar-refractivity contribution in [3.05, 3.63) is 0 Å². The van der Waals surface area contributed by atoms with E-state index >= 15 is 0 Å². The predicted octanol–water partition coefficient (Wildman–Crippen LogP) is 1.39. The Bertz CT molecular complexity index is 278. The maximum absolute atomic E-state index is 11.0. The van der Waals surface area contributed by atoms with Gasteiger partial charge in [-0.15, -0.1) is 0 Å². The van der Waals surface area contributed by atoms with Crippen LogP contribution in [0.15, 0.2) is 0 Å². The van der Waals surface area contributed by atoms with Gasteiger partial charge in [0.2, 0.25) is 0 Å². The Morgan fingerprint density at radius 2 is 1.90 bits per heavy atom. The van der Waals surface area contributed by atoms with Gasteiger partial charge in [-0.1, -0.05) is 20.8 Å². The lowest BCUT2D eigenvalue weighted by Gasteiger charge is -2.29. The van der Waals surface area contributed by atoms with Crippen LogP contribution in [0.25, 0.3) is 0 Å². The number of ether oxygens (including phenoxy) is 1. The molecule has 1 unspecified atom stereocenters. The molecule has 0 aliphatic carbocycles. The summed E-state index contributed by atoms with van der Waals surface area (Å²) < 4.78 is 5.34. The number of carboxylic acids is 1. The molecule has 0 aromatic heterocycles. The highest BCUT2D eigenvalue weighted by atomic mass is 16.5. The van der Waals surface area contributed by atoms with Crippen molar-refractivity contribution in [1.29, 1.82) is 0 Å². The van der Waals surface area contributed by atoms with Gasteiger partial charge in [-0.3, -0.25) is 9.69 Å². The van der Waals surface area contributed by atoms with Crippen LogP contribution in [0.4, 0.5) is 0 Å². The van der Waals surface area contributed by atoms with Crippen LogP contribution in [0, 0.1) is 11.8 Å². The van der Waals surface area contributed by atoms with Crippen LogP contribution in [0.1, 0.15) is 27.2 Å². The number of nitrogens with zero attached hydrogens (tertiary/aromatic N) is 2. The van der Waals surface area contributed by atoms with Gasteiger partial charge in [0.25, 0.3) is 0 Å². The first-order valence-corrected chi connectivity index (χ1v) is 7.74. The second kappa shape index (κ2) is 9.32. The molecule has 1 atom stereocenters. The highest BCUT2D eigenvalue weighted by Crippen LogP contribution is 2.07. The summed E-state index contributed by atoms with van der Waals surface area (Å²) in [6.07, 6.45) is 1.10. The molecule has 1 aliphatic rings. The number of carbonyl (C=O) groups is 1. The zero-order chi connectivity index (χ0) is 15.0. The van der Waals surface area contributed by atoms with Crippen LogP contribution in [0.2, 0.25) is 0 Å². The highest BCUT2D eigenvalue weighted by molar-refractivity contribution is 5.69. The number of hydrogen-bond acceptors (Lipinski definition) is 4. The molecular weight excluding hydrogens is 256 g/mol. The van der Waals surface area contributed by atoms with Gasteiger partial charge in [0, 0.05) is 26.2 Å². The fourth-order valence-electron chi connectivity index (χ4n) is 2.58. The van der Waals surface area contributed by atoms with Crippen molar-refractivity contribution < 1.29 is 14.6 Å². The van der Waals surface area contributed by atoms with Gasteiger partial charge in [0.05, 0.1) is 19.1 Å². The summed E-state index contributed by atoms with van der Waals surface area (Å²) in [6.45, 7) is 13.6. The number of rotatable bonds is 9. The SMILES string of the molecule is CC(C)CN(CCCN1CCOCC1)CC(C)C(=O)O. The molecule has 1 aliphatic heterocycles. The lowest BCUT2D eigenvalue weighted by Crippen LogP contribution is -2.39. The van der Waals surface area contributed by atoms with E-state index in [0.717, 1.165) is 52.4 Å². The Morgan fingerprint density at radius 1 is 1.25 bits per heavy atom. The molecule has 0 aromatic carbocycles. The molecule has 1 N–H and O–H groups in total. The van der Waals surface area contributed by atoms with Gasteiger partial charge in [0.15, 0.2) is 0 Å². The molecule has 0 amide bonds. The molecule has 0 bridgehead atoms. The van der Waals surface area contributed by atoms with Crippen LogP contribution in [0.5, 0.6) is 0 Å². The van der Waals surface area contributed by atoms with Crippen molar-refractivity contribution in [2.45, 2.75) is 27.2 Å². The van der Waals surface area contributed by atoms with E-state index in [2.05, 4.69) is 23.6 Å². The van der Waals surface area contributed by atoms with Crippen LogP contribution in [0.3, 0.4) is 0 Å². The Kier molecular flexibility index (Phi) is 8.11. The van der Waals surface area contributed by atoms with E-state index in [1.165, 1.54) is 0 Å². The summed E-state index contributed by atoms with van der Waals surface area (Å²) >= 11 is 0. The van der Waals surface area contributed by atoms with E-state index < -0.39 is 5.97 Å². The molecule has 1 fully saturated rings. The largest absolute Gasteiger partial charge is 0.481 e. The zero-order valence-corrected chi connectivity index (χ0v) is 13.2. The van der Waals surface area contributed by atoms with E-state index in [1.54, 1.807) is 6.92 Å². The van der Waals surface area contributed by atoms with Crippen molar-refractivity contribution in [2.24, 2.45) is 11.8 Å². The molecule has 118 valence electrons. The normalized spacial score (nSPS) is 18.6. The minimum Gasteiger partial charge on any atom is -0.481 e. The minimum absolute atomic E-state index is 0.294. The Morgan fingerprint density at radius 3 is 2.45 bits per heavy atom. The first-order valence-electron chi connectivity index (χ1n) is 7.74. The standard InChI is InChI=1S/C15H30N2O3/c1-13(2)11-17(12-14(3)15(18)19)6-4-5-16-7-9-20-10-8-16/h13-14H,4-12H2,1-3H3,(H,18,19). The minimum atomic E-state index is -0.702. The molecular formula is C15H30N2O3. The Hall–Kier alpha value is -0.650. The van der Waals surface area contributed by atoms with Gasteiger partial charge < -0.3 is 14.7 Å². The predicted molar refractivity (Wildman–Crippen MR) is 80.0 cm³/mol. The number of hydrogen-bond donors (Lipinski definition) is 1. The van der Waals surface area contributed by atoms with Crippen LogP contribution in [-0.4, -0.2) is 73.4 Å². The lowest BCUT2D eigenvalue weighted by atomic mass is 10.1. The summed E-state index contributed by atoms with van der Waals surface area (Å²) in [5, 5.41) is 9.05. The van der Waals surface area contributed by atoms with E-state index in [-0.39, 0.29) is 5.92 Å². The molecule has 5 heteroatoms. The highest BCUT2D eigenvalue weighted by Gasteiger charge is 2.17. The smallest absolute Gasteiger partial charge is 0.307 e. The van der Waals surface area contributed by atoms with Gasteiger partial charge in [-0.25, -0.2) is 0 Å². The molecule has 20 heavy (non-hydrogen) atoms. The van der Waals surface area contributed by atoms with Crippen LogP contribution < -0.4 is 0 Å². The van der Waals surface area contributed by atoms with Crippen LogP contribution >= 0.6 is 0 Å². The molecule has 1 saturated heterocycles. The van der Waals surface area contributed by atoms with Crippen molar-refractivity contribution in [3.8, 4) is 0 Å². The molecule has 0 saturated carbocycles. The van der Waals surface area contributed by atoms with E-state index in [4.69, 9.17) is 9.84 Å². The van der Waals surface area contributed by atoms with Crippen molar-refractivity contribution in [3.63, 3.8) is 0 Å². The maximum atomic E-state index is 11.0. The first kappa shape index (κ1) is 17.4. The molecule has 0 spiro atoms. The molecule has 0 aromatic rings. The molecule has 1 heterocycles. The lowest BCUT2D eigenvalue weighted by molar-refractivity contribution is -0.141. The Balaban J connectivity index is 2.29. The maximum Gasteiger partial charge on any atom is 0.307 e. The summed E-state index contributed by atoms with van der Waals surface area (Å²) in [6, 6.07) is 0. The number of carboxylic acid groups (broad SMARTS) is 1. The summed E-state index contributed by atoms with van der Waals surface area (Å²) in [5.41, 5.74) is 0. The van der Waals surface area contributed by atoms with E-state index in [9.17, 15) is 4.79 Å². The average molecular weight is 286 g/mol. The fourth-order valence-corrected chi connectivity index (χ4v) is 2.58. The molecule has 1 rings (SSSR count). The van der Waals surface area contributed by atoms with Gasteiger partial charge in [0.1, 0.15) is 0 Å². The van der Waals surface area contributed by atoms with Crippen molar-refractivity contribution in [1.82, 2.24) is 9.80 Å². The zero-order valence-electron chi connectivity index (χ0n) is 13.2. The van der Waals surface area contributed by atoms with Crippen molar-refractivity contribution >= 4 is 5.97 Å². The third kappa shape index (κ3) is 7.22. The van der Waals surface area contributed by atoms with Gasteiger partial charge in [-0.05, 0) is 25.4 Å². The topological polar surface area (TPSA) is 53.0 Å². The average Bonchev–Trinajstić information content (AvgIpc) is 2.39. The third-order valence-electron chi connectivity index (χ3n) is 3.63. The van der Waals surface area contributed by atoms with E-state index in [1.807, 2.05) is 0 Å². The summed E-state index contributed by atoms with van der Waals surface area (Å²) in [7, 11) is 0. The molecule has 5 nitrogen and oxygen atoms in total. The Labute approximate surface area is 122 Å². The second-order valence-corrected chi connectivity index (χ2v) is 6.20. The quantitative estimate of drug-likeness (QED) is 0.694. The summed E-state index contributed by atoms with van der Waals surface area (Å²) in [5.74, 6) is -0.427. The van der Waals surface area contributed by atoms with Crippen molar-refractivity contribution in [2.75, 3.05) is 52.5 Å². The van der Waals surface area contributed by atoms with Crippen LogP contribution in [-0.2, 0) is 9.53 Å². The number of morpholine rings is 1. The van der Waals surface area contributed by atoms with E-state index in [0.29, 0.717) is 12.5 Å². The fraction of sp³-hybridized carbons (Fsp3) is 0.933. The molecule has 0 radical (unpaired) electrons.